The number of hydrogen-bond acceptors (Lipinski definition) is 2. The molecule has 1 rings (SSSR count). The zero-order chi connectivity index (χ0) is 7.61. The number of Topliss-reactive ketones (excluding diaryl/α,β-unsaturated/α-hetero) is 1. The Kier molecular flexibility index (Phi) is 1.90. The summed E-state index contributed by atoms with van der Waals surface area (Å²) in [7, 11) is 0. The molecule has 1 aliphatic heterocycles. The molecule has 1 saturated heterocycles. The van der Waals surface area contributed by atoms with Gasteiger partial charge in [-0.3, -0.25) is 4.79 Å². The van der Waals surface area contributed by atoms with Crippen LogP contribution in [-0.4, -0.2) is 18.9 Å². The fourth-order valence-electron chi connectivity index (χ4n) is 1.07. The van der Waals surface area contributed by atoms with E-state index in [0.717, 1.165) is 13.1 Å². The summed E-state index contributed by atoms with van der Waals surface area (Å²) in [5.41, 5.74) is -0.0891. The molecule has 0 atom stereocenters. The Labute approximate surface area is 61.3 Å². The lowest BCUT2D eigenvalue weighted by Crippen LogP contribution is -2.56. The molecule has 2 heteroatoms. The summed E-state index contributed by atoms with van der Waals surface area (Å²) in [5.74, 6) is 0.307. The first kappa shape index (κ1) is 7.48. The average Bonchev–Trinajstić information content (AvgIpc) is 1.83. The summed E-state index contributed by atoms with van der Waals surface area (Å²) in [5, 5.41) is 3.09. The summed E-state index contributed by atoms with van der Waals surface area (Å²) < 4.78 is 0. The van der Waals surface area contributed by atoms with Crippen LogP contribution in [0.1, 0.15) is 13.3 Å². The van der Waals surface area contributed by atoms with Crippen LogP contribution in [0.2, 0.25) is 0 Å². The van der Waals surface area contributed by atoms with Crippen LogP contribution in [0.3, 0.4) is 0 Å². The van der Waals surface area contributed by atoms with Crippen molar-refractivity contribution in [3.05, 3.63) is 12.7 Å². The molecule has 0 aromatic carbocycles. The van der Waals surface area contributed by atoms with Gasteiger partial charge in [-0.15, -0.1) is 6.58 Å². The minimum Gasteiger partial charge on any atom is -0.315 e. The first-order valence-electron chi connectivity index (χ1n) is 3.54. The van der Waals surface area contributed by atoms with Gasteiger partial charge in [0.25, 0.3) is 0 Å². The molecule has 10 heavy (non-hydrogen) atoms. The van der Waals surface area contributed by atoms with E-state index in [1.165, 1.54) is 0 Å². The van der Waals surface area contributed by atoms with Gasteiger partial charge in [0.15, 0.2) is 0 Å². The Morgan fingerprint density at radius 2 is 2.40 bits per heavy atom. The van der Waals surface area contributed by atoms with Crippen molar-refractivity contribution in [1.29, 1.82) is 0 Å². The molecule has 0 unspecified atom stereocenters. The molecule has 1 aliphatic rings. The predicted molar refractivity (Wildman–Crippen MR) is 40.8 cm³/mol. The highest BCUT2D eigenvalue weighted by Gasteiger charge is 2.37. The molecule has 1 N–H and O–H groups in total. The van der Waals surface area contributed by atoms with Gasteiger partial charge in [-0.1, -0.05) is 13.0 Å². The Hall–Kier alpha value is -0.630. The van der Waals surface area contributed by atoms with Gasteiger partial charge in [0, 0.05) is 19.5 Å². The van der Waals surface area contributed by atoms with E-state index in [1.54, 1.807) is 6.08 Å². The largest absolute Gasteiger partial charge is 0.315 e. The first-order valence-corrected chi connectivity index (χ1v) is 3.54. The summed E-state index contributed by atoms with van der Waals surface area (Å²) >= 11 is 0. The molecule has 0 aliphatic carbocycles. The monoisotopic (exact) mass is 139 g/mol. The first-order chi connectivity index (χ1) is 4.69. The van der Waals surface area contributed by atoms with Crippen molar-refractivity contribution in [2.75, 3.05) is 13.1 Å². The van der Waals surface area contributed by atoms with Crippen LogP contribution in [-0.2, 0) is 4.79 Å². The third-order valence-corrected chi connectivity index (χ3v) is 2.03. The number of rotatable bonds is 3. The summed E-state index contributed by atoms with van der Waals surface area (Å²) in [6.07, 6.45) is 2.18. The number of nitrogens with one attached hydrogen (secondary N) is 1. The number of carbonyl (C=O) groups excluding carboxylic acids is 1. The third-order valence-electron chi connectivity index (χ3n) is 2.03. The number of hydrogen-bond donors (Lipinski definition) is 1. The maximum absolute atomic E-state index is 11.2. The highest BCUT2D eigenvalue weighted by atomic mass is 16.1. The summed E-state index contributed by atoms with van der Waals surface area (Å²) in [4.78, 5) is 11.2. The fourth-order valence-corrected chi connectivity index (χ4v) is 1.07. The molecule has 0 bridgehead atoms. The molecular weight excluding hydrogens is 126 g/mol. The third kappa shape index (κ3) is 1.12. The maximum Gasteiger partial charge on any atom is 0.145 e. The summed E-state index contributed by atoms with van der Waals surface area (Å²) in [6.45, 7) is 7.19. The SMILES string of the molecule is C=CCC(=O)C1(C)CNC1. The number of allylic oxidation sites excluding steroid dienone is 1. The van der Waals surface area contributed by atoms with E-state index in [9.17, 15) is 4.79 Å². The zero-order valence-corrected chi connectivity index (χ0v) is 6.31. The predicted octanol–water partition coefficient (Wildman–Crippen LogP) is 0.741. The van der Waals surface area contributed by atoms with E-state index in [2.05, 4.69) is 11.9 Å². The van der Waals surface area contributed by atoms with Crippen LogP contribution in [0.25, 0.3) is 0 Å². The normalized spacial score (nSPS) is 21.3. The van der Waals surface area contributed by atoms with Gasteiger partial charge in [0.2, 0.25) is 0 Å². The smallest absolute Gasteiger partial charge is 0.145 e. The van der Waals surface area contributed by atoms with Gasteiger partial charge in [0.05, 0.1) is 5.41 Å². The Bertz CT molecular complexity index is 159. The highest BCUT2D eigenvalue weighted by molar-refractivity contribution is 5.87. The van der Waals surface area contributed by atoms with Gasteiger partial charge in [0.1, 0.15) is 5.78 Å². The quantitative estimate of drug-likeness (QED) is 0.584. The molecule has 1 heterocycles. The lowest BCUT2D eigenvalue weighted by atomic mass is 9.79. The minimum atomic E-state index is -0.0891. The molecular formula is C8H13NO. The van der Waals surface area contributed by atoms with Crippen LogP contribution in [0.5, 0.6) is 0 Å². The van der Waals surface area contributed by atoms with E-state index in [-0.39, 0.29) is 5.41 Å². The second-order valence-corrected chi connectivity index (χ2v) is 3.08. The van der Waals surface area contributed by atoms with Crippen molar-refractivity contribution in [2.45, 2.75) is 13.3 Å². The molecule has 0 aromatic rings. The molecule has 2 nitrogen and oxygen atoms in total. The van der Waals surface area contributed by atoms with E-state index >= 15 is 0 Å². The van der Waals surface area contributed by atoms with Crippen molar-refractivity contribution in [1.82, 2.24) is 5.32 Å². The fraction of sp³-hybridized carbons (Fsp3) is 0.625. The Balaban J connectivity index is 2.46. The molecule has 0 amide bonds. The second-order valence-electron chi connectivity index (χ2n) is 3.08. The Morgan fingerprint density at radius 1 is 1.80 bits per heavy atom. The van der Waals surface area contributed by atoms with Gasteiger partial charge in [-0.2, -0.15) is 0 Å². The van der Waals surface area contributed by atoms with E-state index < -0.39 is 0 Å². The van der Waals surface area contributed by atoms with Crippen molar-refractivity contribution in [3.63, 3.8) is 0 Å². The van der Waals surface area contributed by atoms with Crippen molar-refractivity contribution < 1.29 is 4.79 Å². The van der Waals surface area contributed by atoms with Crippen molar-refractivity contribution in [3.8, 4) is 0 Å². The average molecular weight is 139 g/mol. The molecule has 0 aromatic heterocycles. The molecule has 0 saturated carbocycles. The minimum absolute atomic E-state index is 0.0891. The molecule has 56 valence electrons. The second kappa shape index (κ2) is 2.54. The van der Waals surface area contributed by atoms with Crippen molar-refractivity contribution >= 4 is 5.78 Å². The standard InChI is InChI=1S/C8H13NO/c1-3-4-7(10)8(2)5-9-6-8/h3,9H,1,4-6H2,2H3. The van der Waals surface area contributed by atoms with Gasteiger partial charge in [-0.05, 0) is 0 Å². The van der Waals surface area contributed by atoms with E-state index in [4.69, 9.17) is 0 Å². The highest BCUT2D eigenvalue weighted by Crippen LogP contribution is 2.23. The van der Waals surface area contributed by atoms with Crippen LogP contribution < -0.4 is 5.32 Å². The van der Waals surface area contributed by atoms with Crippen LogP contribution >= 0.6 is 0 Å². The summed E-state index contributed by atoms with van der Waals surface area (Å²) in [6, 6.07) is 0. The topological polar surface area (TPSA) is 29.1 Å². The number of ketones is 1. The zero-order valence-electron chi connectivity index (χ0n) is 6.31. The van der Waals surface area contributed by atoms with E-state index in [0.29, 0.717) is 12.2 Å². The van der Waals surface area contributed by atoms with Crippen LogP contribution in [0, 0.1) is 5.41 Å². The van der Waals surface area contributed by atoms with Gasteiger partial charge in [-0.25, -0.2) is 0 Å². The van der Waals surface area contributed by atoms with Crippen molar-refractivity contribution in [2.24, 2.45) is 5.41 Å². The molecule has 1 fully saturated rings. The molecule has 0 radical (unpaired) electrons. The van der Waals surface area contributed by atoms with E-state index in [1.807, 2.05) is 6.92 Å². The van der Waals surface area contributed by atoms with Gasteiger partial charge < -0.3 is 5.32 Å². The van der Waals surface area contributed by atoms with Gasteiger partial charge >= 0.3 is 0 Å². The maximum atomic E-state index is 11.2. The lowest BCUT2D eigenvalue weighted by Gasteiger charge is -2.37. The number of carbonyl (C=O) groups is 1. The van der Waals surface area contributed by atoms with Crippen LogP contribution in [0.15, 0.2) is 12.7 Å². The Morgan fingerprint density at radius 3 is 2.70 bits per heavy atom. The lowest BCUT2D eigenvalue weighted by molar-refractivity contribution is -0.129. The molecule has 0 spiro atoms. The van der Waals surface area contributed by atoms with Crippen LogP contribution in [0.4, 0.5) is 0 Å².